The van der Waals surface area contributed by atoms with Crippen LogP contribution in [-0.4, -0.2) is 33.1 Å². The van der Waals surface area contributed by atoms with Crippen molar-refractivity contribution in [2.75, 3.05) is 11.5 Å². The summed E-state index contributed by atoms with van der Waals surface area (Å²) >= 11 is 3.94. The highest BCUT2D eigenvalue weighted by Crippen LogP contribution is 2.28. The molecule has 0 spiro atoms. The lowest BCUT2D eigenvalue weighted by atomic mass is 9.95. The largest absolute Gasteiger partial charge is 0.478 e. The molecule has 2 atom stereocenters. The van der Waals surface area contributed by atoms with Gasteiger partial charge in [-0.1, -0.05) is 6.07 Å². The molecule has 0 aliphatic heterocycles. The molecular formula is C11H15NO4S. The molecule has 0 amide bonds. The average molecular weight is 257 g/mol. The number of nitrogen functional groups attached to an aromatic ring is 1. The highest BCUT2D eigenvalue weighted by atomic mass is 32.1. The highest BCUT2D eigenvalue weighted by Gasteiger charge is 2.25. The van der Waals surface area contributed by atoms with Crippen LogP contribution < -0.4 is 5.73 Å². The maximum atomic E-state index is 11.0. The molecule has 0 saturated heterocycles. The van der Waals surface area contributed by atoms with Crippen LogP contribution in [0.25, 0.3) is 0 Å². The van der Waals surface area contributed by atoms with Crippen molar-refractivity contribution < 1.29 is 20.1 Å². The van der Waals surface area contributed by atoms with Crippen LogP contribution in [0.5, 0.6) is 0 Å². The van der Waals surface area contributed by atoms with Gasteiger partial charge in [0.2, 0.25) is 0 Å². The Morgan fingerprint density at radius 2 is 2.06 bits per heavy atom. The first-order valence-electron chi connectivity index (χ1n) is 5.07. The molecule has 6 heteroatoms. The predicted molar refractivity (Wildman–Crippen MR) is 67.3 cm³/mol. The van der Waals surface area contributed by atoms with Gasteiger partial charge < -0.3 is 21.1 Å². The number of nitrogens with two attached hydrogens (primary N) is 1. The van der Waals surface area contributed by atoms with Gasteiger partial charge in [-0.25, -0.2) is 4.79 Å². The minimum absolute atomic E-state index is 0.0503. The SMILES string of the molecule is Nc1cccc(C(=O)O)c1C(O)C(O)CCS. The number of carbonyl (C=O) groups is 1. The number of thiol groups is 1. The Labute approximate surface area is 104 Å². The fourth-order valence-corrected chi connectivity index (χ4v) is 1.85. The van der Waals surface area contributed by atoms with E-state index >= 15 is 0 Å². The molecule has 1 aromatic rings. The van der Waals surface area contributed by atoms with E-state index in [0.29, 0.717) is 5.75 Å². The fraction of sp³-hybridized carbons (Fsp3) is 0.364. The third-order valence-electron chi connectivity index (χ3n) is 2.46. The van der Waals surface area contributed by atoms with Gasteiger partial charge in [-0.3, -0.25) is 0 Å². The predicted octanol–water partition coefficient (Wildman–Crippen LogP) is 0.681. The third-order valence-corrected chi connectivity index (χ3v) is 2.71. The minimum Gasteiger partial charge on any atom is -0.478 e. The number of aromatic carboxylic acids is 1. The molecule has 5 N–H and O–H groups in total. The van der Waals surface area contributed by atoms with Crippen molar-refractivity contribution in [3.8, 4) is 0 Å². The second-order valence-electron chi connectivity index (χ2n) is 3.64. The van der Waals surface area contributed by atoms with Gasteiger partial charge in [0.15, 0.2) is 0 Å². The Morgan fingerprint density at radius 3 is 2.59 bits per heavy atom. The first-order valence-corrected chi connectivity index (χ1v) is 5.71. The minimum atomic E-state index is -1.32. The molecule has 2 unspecified atom stereocenters. The van der Waals surface area contributed by atoms with Crippen LogP contribution in [0.3, 0.4) is 0 Å². The molecule has 0 aliphatic rings. The van der Waals surface area contributed by atoms with E-state index in [0.717, 1.165) is 0 Å². The number of rotatable bonds is 5. The zero-order chi connectivity index (χ0) is 13.0. The van der Waals surface area contributed by atoms with Gasteiger partial charge in [-0.15, -0.1) is 0 Å². The van der Waals surface area contributed by atoms with Gasteiger partial charge in [-0.2, -0.15) is 12.6 Å². The Kier molecular flexibility index (Phi) is 4.80. The monoisotopic (exact) mass is 257 g/mol. The Hall–Kier alpha value is -1.24. The summed E-state index contributed by atoms with van der Waals surface area (Å²) in [6.45, 7) is 0. The molecule has 0 saturated carbocycles. The van der Waals surface area contributed by atoms with E-state index < -0.39 is 18.2 Å². The summed E-state index contributed by atoms with van der Waals surface area (Å²) < 4.78 is 0. The lowest BCUT2D eigenvalue weighted by molar-refractivity contribution is 0.0167. The number of aliphatic hydroxyl groups is 2. The van der Waals surface area contributed by atoms with Crippen LogP contribution in [0.2, 0.25) is 0 Å². The summed E-state index contributed by atoms with van der Waals surface area (Å²) in [4.78, 5) is 11.0. The number of benzene rings is 1. The number of anilines is 1. The molecular weight excluding hydrogens is 242 g/mol. The lowest BCUT2D eigenvalue weighted by Crippen LogP contribution is -2.22. The zero-order valence-electron chi connectivity index (χ0n) is 9.08. The molecule has 0 heterocycles. The zero-order valence-corrected chi connectivity index (χ0v) is 9.97. The van der Waals surface area contributed by atoms with E-state index in [1.807, 2.05) is 0 Å². The van der Waals surface area contributed by atoms with Gasteiger partial charge in [0.1, 0.15) is 6.10 Å². The van der Waals surface area contributed by atoms with E-state index in [1.54, 1.807) is 0 Å². The van der Waals surface area contributed by atoms with Gasteiger partial charge in [0.05, 0.1) is 11.7 Å². The summed E-state index contributed by atoms with van der Waals surface area (Å²) in [5.74, 6) is -0.808. The van der Waals surface area contributed by atoms with Crippen LogP contribution >= 0.6 is 12.6 Å². The van der Waals surface area contributed by atoms with Crippen LogP contribution in [0.4, 0.5) is 5.69 Å². The molecule has 0 aliphatic carbocycles. The van der Waals surface area contributed by atoms with Crippen molar-refractivity contribution in [1.82, 2.24) is 0 Å². The highest BCUT2D eigenvalue weighted by molar-refractivity contribution is 7.80. The van der Waals surface area contributed by atoms with Crippen molar-refractivity contribution in [3.63, 3.8) is 0 Å². The smallest absolute Gasteiger partial charge is 0.336 e. The van der Waals surface area contributed by atoms with E-state index in [2.05, 4.69) is 12.6 Å². The van der Waals surface area contributed by atoms with Gasteiger partial charge >= 0.3 is 5.97 Å². The van der Waals surface area contributed by atoms with Crippen molar-refractivity contribution in [2.24, 2.45) is 0 Å². The number of carboxylic acids is 1. The Morgan fingerprint density at radius 1 is 1.41 bits per heavy atom. The molecule has 0 bridgehead atoms. The molecule has 0 fully saturated rings. The molecule has 0 aromatic heterocycles. The summed E-state index contributed by atoms with van der Waals surface area (Å²) in [6, 6.07) is 4.31. The van der Waals surface area contributed by atoms with Crippen molar-refractivity contribution in [2.45, 2.75) is 18.6 Å². The maximum Gasteiger partial charge on any atom is 0.336 e. The maximum absolute atomic E-state index is 11.0. The van der Waals surface area contributed by atoms with Crippen molar-refractivity contribution in [1.29, 1.82) is 0 Å². The quantitative estimate of drug-likeness (QED) is 0.394. The molecule has 94 valence electrons. The van der Waals surface area contributed by atoms with E-state index in [1.165, 1.54) is 18.2 Å². The fourth-order valence-electron chi connectivity index (χ4n) is 1.58. The van der Waals surface area contributed by atoms with Crippen molar-refractivity contribution >= 4 is 24.3 Å². The summed E-state index contributed by atoms with van der Waals surface area (Å²) in [7, 11) is 0. The van der Waals surface area contributed by atoms with E-state index in [-0.39, 0.29) is 23.2 Å². The second kappa shape index (κ2) is 5.90. The first-order chi connectivity index (χ1) is 7.99. The summed E-state index contributed by atoms with van der Waals surface area (Å²) in [5.41, 5.74) is 5.74. The van der Waals surface area contributed by atoms with Gasteiger partial charge in [0, 0.05) is 11.3 Å². The molecule has 17 heavy (non-hydrogen) atoms. The molecule has 5 nitrogen and oxygen atoms in total. The van der Waals surface area contributed by atoms with Gasteiger partial charge in [0.25, 0.3) is 0 Å². The number of aliphatic hydroxyl groups excluding tert-OH is 2. The second-order valence-corrected chi connectivity index (χ2v) is 4.09. The first kappa shape index (κ1) is 13.8. The normalized spacial score (nSPS) is 14.3. The molecule has 1 aromatic carbocycles. The Balaban J connectivity index is 3.15. The van der Waals surface area contributed by atoms with E-state index in [9.17, 15) is 15.0 Å². The number of hydrogen-bond donors (Lipinski definition) is 5. The Bertz CT molecular complexity index is 410. The summed E-state index contributed by atoms with van der Waals surface area (Å²) in [6.07, 6.45) is -2.16. The van der Waals surface area contributed by atoms with Gasteiger partial charge in [-0.05, 0) is 24.3 Å². The number of carboxylic acid groups (broad SMARTS) is 1. The molecule has 1 rings (SSSR count). The van der Waals surface area contributed by atoms with Crippen LogP contribution in [0.1, 0.15) is 28.4 Å². The van der Waals surface area contributed by atoms with Crippen LogP contribution in [-0.2, 0) is 0 Å². The van der Waals surface area contributed by atoms with E-state index in [4.69, 9.17) is 10.8 Å². The average Bonchev–Trinajstić information content (AvgIpc) is 2.28. The van der Waals surface area contributed by atoms with Crippen LogP contribution in [0.15, 0.2) is 18.2 Å². The number of hydrogen-bond acceptors (Lipinski definition) is 5. The molecule has 0 radical (unpaired) electrons. The standard InChI is InChI=1S/C11H15NO4S/c12-7-3-1-2-6(11(15)16)9(7)10(14)8(13)4-5-17/h1-3,8,10,13-14,17H,4-5,12H2,(H,15,16). The van der Waals surface area contributed by atoms with Crippen molar-refractivity contribution in [3.05, 3.63) is 29.3 Å². The lowest BCUT2D eigenvalue weighted by Gasteiger charge is -2.20. The third kappa shape index (κ3) is 3.12. The topological polar surface area (TPSA) is 104 Å². The van der Waals surface area contributed by atoms with Crippen LogP contribution in [0, 0.1) is 0 Å². The summed E-state index contributed by atoms with van der Waals surface area (Å²) in [5, 5.41) is 28.5.